The quantitative estimate of drug-likeness (QED) is 0.904. The van der Waals surface area contributed by atoms with Crippen LogP contribution in [0.15, 0.2) is 30.5 Å². The molecular weight excluding hydrogens is 262 g/mol. The van der Waals surface area contributed by atoms with Crippen molar-refractivity contribution in [2.75, 3.05) is 6.54 Å². The van der Waals surface area contributed by atoms with Crippen molar-refractivity contribution in [3.8, 4) is 0 Å². The highest BCUT2D eigenvalue weighted by Crippen LogP contribution is 2.34. The van der Waals surface area contributed by atoms with Crippen molar-refractivity contribution < 1.29 is 5.11 Å². The summed E-state index contributed by atoms with van der Waals surface area (Å²) >= 11 is 0. The van der Waals surface area contributed by atoms with Gasteiger partial charge >= 0.3 is 0 Å². The van der Waals surface area contributed by atoms with E-state index >= 15 is 0 Å². The molecule has 1 aromatic heterocycles. The molecule has 0 bridgehead atoms. The van der Waals surface area contributed by atoms with E-state index in [4.69, 9.17) is 0 Å². The van der Waals surface area contributed by atoms with E-state index < -0.39 is 5.60 Å². The molecule has 0 aliphatic heterocycles. The summed E-state index contributed by atoms with van der Waals surface area (Å²) in [7, 11) is 1.95. The minimum Gasteiger partial charge on any atom is -0.384 e. The van der Waals surface area contributed by atoms with Crippen LogP contribution in [0.3, 0.4) is 0 Å². The first kappa shape index (κ1) is 14.3. The molecule has 0 saturated carbocycles. The molecule has 112 valence electrons. The van der Waals surface area contributed by atoms with Gasteiger partial charge in [0.05, 0.1) is 6.20 Å². The maximum Gasteiger partial charge on any atom is 0.102 e. The molecule has 3 rings (SSSR count). The van der Waals surface area contributed by atoms with Crippen LogP contribution in [-0.4, -0.2) is 21.4 Å². The van der Waals surface area contributed by atoms with E-state index in [-0.39, 0.29) is 0 Å². The molecule has 1 aliphatic rings. The van der Waals surface area contributed by atoms with E-state index in [2.05, 4.69) is 35.5 Å². The summed E-state index contributed by atoms with van der Waals surface area (Å²) < 4.78 is 1.88. The summed E-state index contributed by atoms with van der Waals surface area (Å²) in [5.41, 5.74) is 3.98. The predicted molar refractivity (Wildman–Crippen MR) is 82.9 cm³/mol. The van der Waals surface area contributed by atoms with Gasteiger partial charge in [-0.2, -0.15) is 5.10 Å². The summed E-state index contributed by atoms with van der Waals surface area (Å²) in [4.78, 5) is 0. The number of hydrogen-bond donors (Lipinski definition) is 2. The molecule has 0 amide bonds. The van der Waals surface area contributed by atoms with Gasteiger partial charge in [-0.1, -0.05) is 24.3 Å². The van der Waals surface area contributed by atoms with Crippen molar-refractivity contribution in [1.82, 2.24) is 15.1 Å². The molecule has 2 N–H and O–H groups in total. The SMILES string of the molecule is Cc1c(CNCC2(O)CCCc3ccccc32)cnn1C. The van der Waals surface area contributed by atoms with Gasteiger partial charge in [-0.25, -0.2) is 0 Å². The smallest absolute Gasteiger partial charge is 0.102 e. The van der Waals surface area contributed by atoms with Gasteiger partial charge in [0.2, 0.25) is 0 Å². The number of aliphatic hydroxyl groups is 1. The van der Waals surface area contributed by atoms with Gasteiger partial charge in [0.1, 0.15) is 5.60 Å². The predicted octanol–water partition coefficient (Wildman–Crippen LogP) is 2.04. The Balaban J connectivity index is 1.69. The lowest BCUT2D eigenvalue weighted by Gasteiger charge is -2.34. The highest BCUT2D eigenvalue weighted by Gasteiger charge is 2.33. The highest BCUT2D eigenvalue weighted by atomic mass is 16.3. The molecule has 2 aromatic rings. The first-order chi connectivity index (χ1) is 10.1. The molecule has 0 fully saturated rings. The van der Waals surface area contributed by atoms with Crippen LogP contribution in [0, 0.1) is 6.92 Å². The number of rotatable bonds is 4. The number of aryl methyl sites for hydroxylation is 2. The molecule has 1 aromatic carbocycles. The summed E-state index contributed by atoms with van der Waals surface area (Å²) in [5.74, 6) is 0. The van der Waals surface area contributed by atoms with Crippen LogP contribution in [0.5, 0.6) is 0 Å². The number of fused-ring (bicyclic) bond motifs is 1. The number of nitrogens with zero attached hydrogens (tertiary/aromatic N) is 2. The van der Waals surface area contributed by atoms with Crippen LogP contribution in [0.25, 0.3) is 0 Å². The Morgan fingerprint density at radius 1 is 1.38 bits per heavy atom. The Morgan fingerprint density at radius 2 is 2.19 bits per heavy atom. The fourth-order valence-electron chi connectivity index (χ4n) is 3.20. The number of nitrogens with one attached hydrogen (secondary N) is 1. The lowest BCUT2D eigenvalue weighted by Crippen LogP contribution is -2.40. The third-order valence-corrected chi connectivity index (χ3v) is 4.62. The summed E-state index contributed by atoms with van der Waals surface area (Å²) in [6.45, 7) is 3.39. The van der Waals surface area contributed by atoms with Crippen LogP contribution < -0.4 is 5.32 Å². The van der Waals surface area contributed by atoms with Crippen molar-refractivity contribution in [1.29, 1.82) is 0 Å². The van der Waals surface area contributed by atoms with Crippen LogP contribution in [0.2, 0.25) is 0 Å². The van der Waals surface area contributed by atoms with Crippen LogP contribution >= 0.6 is 0 Å². The third-order valence-electron chi connectivity index (χ3n) is 4.62. The zero-order valence-electron chi connectivity index (χ0n) is 12.8. The monoisotopic (exact) mass is 285 g/mol. The number of hydrogen-bond acceptors (Lipinski definition) is 3. The Hall–Kier alpha value is -1.65. The fraction of sp³-hybridized carbons (Fsp3) is 0.471. The van der Waals surface area contributed by atoms with E-state index in [0.29, 0.717) is 6.54 Å². The van der Waals surface area contributed by atoms with E-state index in [0.717, 1.165) is 31.4 Å². The molecular formula is C17H23N3O. The molecule has 1 heterocycles. The molecule has 4 nitrogen and oxygen atoms in total. The maximum absolute atomic E-state index is 11.0. The first-order valence-corrected chi connectivity index (χ1v) is 7.59. The fourth-order valence-corrected chi connectivity index (χ4v) is 3.20. The van der Waals surface area contributed by atoms with Crippen LogP contribution in [-0.2, 0) is 25.6 Å². The molecule has 0 spiro atoms. The van der Waals surface area contributed by atoms with Crippen molar-refractivity contribution in [3.05, 3.63) is 52.8 Å². The van der Waals surface area contributed by atoms with Crippen molar-refractivity contribution >= 4 is 0 Å². The largest absolute Gasteiger partial charge is 0.384 e. The standard InChI is InChI=1S/C17H23N3O/c1-13-15(11-19-20(13)2)10-18-12-17(21)9-5-7-14-6-3-4-8-16(14)17/h3-4,6,8,11,18,21H,5,7,9-10,12H2,1-2H3. The van der Waals surface area contributed by atoms with Gasteiger partial charge < -0.3 is 10.4 Å². The minimum absolute atomic E-state index is 0.582. The summed E-state index contributed by atoms with van der Waals surface area (Å²) in [5, 5.41) is 18.6. The Bertz CT molecular complexity index is 635. The second kappa shape index (κ2) is 5.62. The Morgan fingerprint density at radius 3 is 2.95 bits per heavy atom. The first-order valence-electron chi connectivity index (χ1n) is 7.59. The van der Waals surface area contributed by atoms with Gasteiger partial charge in [0.25, 0.3) is 0 Å². The molecule has 1 unspecified atom stereocenters. The van der Waals surface area contributed by atoms with E-state index in [1.807, 2.05) is 24.0 Å². The molecule has 1 aliphatic carbocycles. The second-order valence-corrected chi connectivity index (χ2v) is 6.02. The van der Waals surface area contributed by atoms with Gasteiger partial charge in [0.15, 0.2) is 0 Å². The maximum atomic E-state index is 11.0. The second-order valence-electron chi connectivity index (χ2n) is 6.02. The van der Waals surface area contributed by atoms with Crippen LogP contribution in [0.4, 0.5) is 0 Å². The molecule has 21 heavy (non-hydrogen) atoms. The number of aromatic nitrogens is 2. The zero-order valence-corrected chi connectivity index (χ0v) is 12.8. The Labute approximate surface area is 125 Å². The average Bonchev–Trinajstić information content (AvgIpc) is 2.80. The topological polar surface area (TPSA) is 50.1 Å². The van der Waals surface area contributed by atoms with E-state index in [9.17, 15) is 5.11 Å². The molecule has 0 saturated heterocycles. The van der Waals surface area contributed by atoms with E-state index in [1.165, 1.54) is 16.8 Å². The summed E-state index contributed by atoms with van der Waals surface area (Å²) in [6, 6.07) is 8.26. The van der Waals surface area contributed by atoms with Crippen LogP contribution in [0.1, 0.15) is 35.2 Å². The van der Waals surface area contributed by atoms with Gasteiger partial charge in [-0.15, -0.1) is 0 Å². The molecule has 4 heteroatoms. The molecule has 1 atom stereocenters. The van der Waals surface area contributed by atoms with Gasteiger partial charge in [-0.3, -0.25) is 4.68 Å². The highest BCUT2D eigenvalue weighted by molar-refractivity contribution is 5.35. The van der Waals surface area contributed by atoms with Gasteiger partial charge in [0, 0.05) is 31.4 Å². The lowest BCUT2D eigenvalue weighted by atomic mass is 9.79. The zero-order chi connectivity index (χ0) is 14.9. The summed E-state index contributed by atoms with van der Waals surface area (Å²) in [6.07, 6.45) is 4.82. The Kier molecular flexibility index (Phi) is 3.83. The number of benzene rings is 1. The normalized spacial score (nSPS) is 21.3. The minimum atomic E-state index is -0.745. The van der Waals surface area contributed by atoms with E-state index in [1.54, 1.807) is 0 Å². The average molecular weight is 285 g/mol. The van der Waals surface area contributed by atoms with Gasteiger partial charge in [-0.05, 0) is 37.3 Å². The molecule has 0 radical (unpaired) electrons. The van der Waals surface area contributed by atoms with Crippen molar-refractivity contribution in [2.45, 2.75) is 38.3 Å². The van der Waals surface area contributed by atoms with Crippen molar-refractivity contribution in [2.24, 2.45) is 7.05 Å². The lowest BCUT2D eigenvalue weighted by molar-refractivity contribution is 0.0189. The third kappa shape index (κ3) is 2.74. The van der Waals surface area contributed by atoms with Crippen molar-refractivity contribution in [3.63, 3.8) is 0 Å².